The third-order valence-corrected chi connectivity index (χ3v) is 3.19. The molecule has 0 atom stereocenters. The van der Waals surface area contributed by atoms with Gasteiger partial charge in [0.25, 0.3) is 5.91 Å². The second-order valence-corrected chi connectivity index (χ2v) is 5.01. The minimum atomic E-state index is -1.10. The highest BCUT2D eigenvalue weighted by atomic mass is 16.5. The van der Waals surface area contributed by atoms with Crippen molar-refractivity contribution in [1.82, 2.24) is 0 Å². The van der Waals surface area contributed by atoms with Crippen molar-refractivity contribution in [3.8, 4) is 11.8 Å². The van der Waals surface area contributed by atoms with Crippen molar-refractivity contribution in [2.24, 2.45) is 0 Å². The minimum Gasteiger partial charge on any atom is -0.491 e. The summed E-state index contributed by atoms with van der Waals surface area (Å²) in [5.74, 6) is -1.15. The number of nitriles is 1. The number of rotatable bonds is 6. The second-order valence-electron chi connectivity index (χ2n) is 5.01. The molecule has 0 spiro atoms. The fourth-order valence-electron chi connectivity index (χ4n) is 2.02. The molecule has 0 aromatic heterocycles. The van der Waals surface area contributed by atoms with Crippen LogP contribution in [0.1, 0.15) is 39.6 Å². The molecule has 0 aliphatic carbocycles. The second kappa shape index (κ2) is 7.79. The van der Waals surface area contributed by atoms with E-state index in [1.807, 2.05) is 13.0 Å². The molecule has 2 aromatic rings. The Morgan fingerprint density at radius 2 is 2.00 bits per heavy atom. The summed E-state index contributed by atoms with van der Waals surface area (Å²) in [5, 5.41) is 20.7. The number of carboxylic acids is 1. The molecule has 0 saturated carbocycles. The number of carbonyl (C=O) groups is 2. The molecule has 0 saturated heterocycles. The molecule has 0 heterocycles. The van der Waals surface area contributed by atoms with Crippen molar-refractivity contribution >= 4 is 17.6 Å². The molecular formula is C18H16N2O4. The van der Waals surface area contributed by atoms with Crippen LogP contribution in [-0.2, 0) is 0 Å². The Bertz CT molecular complexity index is 809. The van der Waals surface area contributed by atoms with Crippen LogP contribution in [-0.4, -0.2) is 23.6 Å². The molecule has 0 aliphatic rings. The minimum absolute atomic E-state index is 0.0416. The number of nitrogens with one attached hydrogen (secondary N) is 1. The van der Waals surface area contributed by atoms with Crippen molar-refractivity contribution < 1.29 is 19.4 Å². The smallest absolute Gasteiger partial charge is 0.335 e. The number of aromatic carboxylic acids is 1. The van der Waals surface area contributed by atoms with Gasteiger partial charge in [-0.15, -0.1) is 0 Å². The molecule has 24 heavy (non-hydrogen) atoms. The quantitative estimate of drug-likeness (QED) is 0.849. The molecular weight excluding hydrogens is 308 g/mol. The monoisotopic (exact) mass is 324 g/mol. The van der Waals surface area contributed by atoms with Gasteiger partial charge in [-0.25, -0.2) is 4.79 Å². The van der Waals surface area contributed by atoms with Gasteiger partial charge in [0.05, 0.1) is 29.5 Å². The van der Waals surface area contributed by atoms with E-state index in [9.17, 15) is 9.59 Å². The van der Waals surface area contributed by atoms with Crippen LogP contribution in [0.4, 0.5) is 5.69 Å². The number of amides is 1. The van der Waals surface area contributed by atoms with E-state index in [1.54, 1.807) is 18.2 Å². The van der Waals surface area contributed by atoms with Crippen molar-refractivity contribution in [3.05, 3.63) is 59.2 Å². The number of carbonyl (C=O) groups excluding carboxylic acids is 1. The van der Waals surface area contributed by atoms with Crippen LogP contribution in [0, 0.1) is 11.3 Å². The van der Waals surface area contributed by atoms with E-state index in [2.05, 4.69) is 5.32 Å². The average Bonchev–Trinajstić information content (AvgIpc) is 2.60. The van der Waals surface area contributed by atoms with E-state index in [1.165, 1.54) is 24.3 Å². The summed E-state index contributed by atoms with van der Waals surface area (Å²) in [6, 6.07) is 12.5. The molecule has 122 valence electrons. The third kappa shape index (κ3) is 4.11. The number of nitrogens with zero attached hydrogens (tertiary/aromatic N) is 1. The Kier molecular flexibility index (Phi) is 5.53. The highest BCUT2D eigenvalue weighted by Gasteiger charge is 2.13. The first-order valence-corrected chi connectivity index (χ1v) is 7.36. The molecule has 2 rings (SSSR count). The van der Waals surface area contributed by atoms with Crippen LogP contribution in [0.3, 0.4) is 0 Å². The van der Waals surface area contributed by atoms with Gasteiger partial charge in [0.15, 0.2) is 0 Å². The molecule has 0 aliphatic heterocycles. The normalized spacial score (nSPS) is 9.83. The van der Waals surface area contributed by atoms with Crippen molar-refractivity contribution in [1.29, 1.82) is 5.26 Å². The van der Waals surface area contributed by atoms with Crippen molar-refractivity contribution in [2.45, 2.75) is 13.3 Å². The Morgan fingerprint density at radius 3 is 2.67 bits per heavy atom. The Hall–Kier alpha value is -3.33. The number of ether oxygens (including phenoxy) is 1. The van der Waals surface area contributed by atoms with Gasteiger partial charge in [-0.1, -0.05) is 13.0 Å². The zero-order valence-electron chi connectivity index (χ0n) is 13.1. The summed E-state index contributed by atoms with van der Waals surface area (Å²) in [6.07, 6.45) is 0.776. The van der Waals surface area contributed by atoms with E-state index in [-0.39, 0.29) is 11.3 Å². The molecule has 0 bridgehead atoms. The van der Waals surface area contributed by atoms with Crippen LogP contribution >= 0.6 is 0 Å². The van der Waals surface area contributed by atoms with Gasteiger partial charge in [0, 0.05) is 5.56 Å². The fraction of sp³-hybridized carbons (Fsp3) is 0.167. The molecule has 2 N–H and O–H groups in total. The number of benzene rings is 2. The van der Waals surface area contributed by atoms with Gasteiger partial charge in [-0.2, -0.15) is 5.26 Å². The largest absolute Gasteiger partial charge is 0.491 e. The lowest BCUT2D eigenvalue weighted by Crippen LogP contribution is -2.14. The first-order valence-electron chi connectivity index (χ1n) is 7.36. The van der Waals surface area contributed by atoms with E-state index in [4.69, 9.17) is 15.1 Å². The van der Waals surface area contributed by atoms with Gasteiger partial charge >= 0.3 is 5.97 Å². The van der Waals surface area contributed by atoms with E-state index >= 15 is 0 Å². The summed E-state index contributed by atoms with van der Waals surface area (Å²) >= 11 is 0. The molecule has 0 fully saturated rings. The predicted molar refractivity (Wildman–Crippen MR) is 88.3 cm³/mol. The van der Waals surface area contributed by atoms with Crippen molar-refractivity contribution in [3.63, 3.8) is 0 Å². The van der Waals surface area contributed by atoms with Gasteiger partial charge in [0.1, 0.15) is 5.75 Å². The maximum Gasteiger partial charge on any atom is 0.335 e. The summed E-state index contributed by atoms with van der Waals surface area (Å²) in [5.41, 5.74) is 0.983. The van der Waals surface area contributed by atoms with Crippen LogP contribution in [0.25, 0.3) is 0 Å². The zero-order valence-corrected chi connectivity index (χ0v) is 13.1. The molecule has 1 amide bonds. The Labute approximate surface area is 139 Å². The number of hydrogen-bond donors (Lipinski definition) is 2. The summed E-state index contributed by atoms with van der Waals surface area (Å²) in [4.78, 5) is 23.5. The molecule has 0 unspecified atom stereocenters. The van der Waals surface area contributed by atoms with Crippen LogP contribution < -0.4 is 10.1 Å². The first-order chi connectivity index (χ1) is 11.5. The summed E-state index contributed by atoms with van der Waals surface area (Å²) in [6.45, 7) is 2.39. The fourth-order valence-corrected chi connectivity index (χ4v) is 2.02. The van der Waals surface area contributed by atoms with Crippen LogP contribution in [0.2, 0.25) is 0 Å². The SMILES string of the molecule is CCCOc1ccc(C(=O)O)cc1NC(=O)c1cccc(C#N)c1. The first kappa shape index (κ1) is 17.0. The van der Waals surface area contributed by atoms with Gasteiger partial charge < -0.3 is 15.2 Å². The number of hydrogen-bond acceptors (Lipinski definition) is 4. The standard InChI is InChI=1S/C18H16N2O4/c1-2-8-24-16-7-6-14(18(22)23)10-15(16)20-17(21)13-5-3-4-12(9-13)11-19/h3-7,9-10H,2,8H2,1H3,(H,20,21)(H,22,23). The number of carboxylic acid groups (broad SMARTS) is 1. The van der Waals surface area contributed by atoms with E-state index in [0.29, 0.717) is 23.5 Å². The highest BCUT2D eigenvalue weighted by molar-refractivity contribution is 6.05. The molecule has 6 heteroatoms. The number of anilines is 1. The predicted octanol–water partition coefficient (Wildman–Crippen LogP) is 3.30. The molecule has 0 radical (unpaired) electrons. The zero-order chi connectivity index (χ0) is 17.5. The topological polar surface area (TPSA) is 99.4 Å². The average molecular weight is 324 g/mol. The lowest BCUT2D eigenvalue weighted by atomic mass is 10.1. The molecule has 2 aromatic carbocycles. The maximum atomic E-state index is 12.4. The Morgan fingerprint density at radius 1 is 1.21 bits per heavy atom. The maximum absolute atomic E-state index is 12.4. The summed E-state index contributed by atoms with van der Waals surface area (Å²) in [7, 11) is 0. The van der Waals surface area contributed by atoms with Gasteiger partial charge in [-0.05, 0) is 42.8 Å². The van der Waals surface area contributed by atoms with Crippen LogP contribution in [0.15, 0.2) is 42.5 Å². The van der Waals surface area contributed by atoms with E-state index in [0.717, 1.165) is 6.42 Å². The Balaban J connectivity index is 2.31. The van der Waals surface area contributed by atoms with Gasteiger partial charge in [-0.3, -0.25) is 4.79 Å². The van der Waals surface area contributed by atoms with E-state index < -0.39 is 11.9 Å². The summed E-state index contributed by atoms with van der Waals surface area (Å²) < 4.78 is 5.54. The molecule has 6 nitrogen and oxygen atoms in total. The lowest BCUT2D eigenvalue weighted by molar-refractivity contribution is 0.0696. The van der Waals surface area contributed by atoms with Gasteiger partial charge in [0.2, 0.25) is 0 Å². The highest BCUT2D eigenvalue weighted by Crippen LogP contribution is 2.27. The van der Waals surface area contributed by atoms with Crippen LogP contribution in [0.5, 0.6) is 5.75 Å². The third-order valence-electron chi connectivity index (χ3n) is 3.19. The lowest BCUT2D eigenvalue weighted by Gasteiger charge is -2.13. The van der Waals surface area contributed by atoms with Crippen molar-refractivity contribution in [2.75, 3.05) is 11.9 Å².